The van der Waals surface area contributed by atoms with Gasteiger partial charge in [-0.15, -0.1) is 0 Å². The number of methoxy groups -OCH3 is 1. The van der Waals surface area contributed by atoms with Crippen LogP contribution in [0.5, 0.6) is 11.6 Å². The molecule has 1 heterocycles. The zero-order valence-electron chi connectivity index (χ0n) is 16.9. The van der Waals surface area contributed by atoms with Crippen LogP contribution in [-0.4, -0.2) is 74.7 Å². The van der Waals surface area contributed by atoms with E-state index in [0.29, 0.717) is 42.8 Å². The van der Waals surface area contributed by atoms with E-state index >= 15 is 0 Å². The second-order valence-corrected chi connectivity index (χ2v) is 6.56. The number of carbonyl (C=O) groups excluding carboxylic acids is 1. The van der Waals surface area contributed by atoms with Crippen molar-refractivity contribution < 1.29 is 24.1 Å². The molecular weight excluding hydrogens is 376 g/mol. The predicted molar refractivity (Wildman–Crippen MR) is 111 cm³/mol. The van der Waals surface area contributed by atoms with E-state index in [4.69, 9.17) is 14.2 Å². The molecule has 1 atom stereocenters. The summed E-state index contributed by atoms with van der Waals surface area (Å²) in [4.78, 5) is 18.1. The Morgan fingerprint density at radius 2 is 1.76 bits per heavy atom. The lowest BCUT2D eigenvalue weighted by atomic mass is 10.3. The number of urea groups is 1. The molecule has 3 N–H and O–H groups in total. The van der Waals surface area contributed by atoms with E-state index < -0.39 is 12.1 Å². The molecule has 0 bridgehead atoms. The third-order valence-corrected chi connectivity index (χ3v) is 3.66. The number of hydrogen-bond donors (Lipinski definition) is 3. The highest BCUT2D eigenvalue weighted by Crippen LogP contribution is 2.17. The highest BCUT2D eigenvalue weighted by molar-refractivity contribution is 5.99. The van der Waals surface area contributed by atoms with E-state index in [0.717, 1.165) is 0 Å². The highest BCUT2D eigenvalue weighted by atomic mass is 16.5. The van der Waals surface area contributed by atoms with E-state index in [9.17, 15) is 9.90 Å². The summed E-state index contributed by atoms with van der Waals surface area (Å²) in [5.74, 6) is 1.07. The van der Waals surface area contributed by atoms with Gasteiger partial charge in [0.05, 0.1) is 18.5 Å². The number of pyridine rings is 1. The lowest BCUT2D eigenvalue weighted by Gasteiger charge is -2.16. The van der Waals surface area contributed by atoms with E-state index in [-0.39, 0.29) is 6.61 Å². The van der Waals surface area contributed by atoms with Crippen molar-refractivity contribution in [2.45, 2.75) is 6.10 Å². The molecule has 2 amide bonds. The molecule has 0 radical (unpaired) electrons. The number of amides is 2. The van der Waals surface area contributed by atoms with E-state index in [2.05, 4.69) is 15.6 Å². The first-order valence-corrected chi connectivity index (χ1v) is 9.17. The van der Waals surface area contributed by atoms with Crippen molar-refractivity contribution in [3.8, 4) is 11.6 Å². The van der Waals surface area contributed by atoms with Crippen LogP contribution in [0.15, 0.2) is 42.6 Å². The van der Waals surface area contributed by atoms with Gasteiger partial charge in [0.15, 0.2) is 0 Å². The summed E-state index contributed by atoms with van der Waals surface area (Å²) in [6.07, 6.45) is 0.941. The molecule has 0 aliphatic heterocycles. The standard InChI is InChI=1S/C20H28N4O5/c1-24(2)13-17(25)14-29-18-7-4-15(5-8-18)22-20(26)23-16-6-9-19(21-12-16)28-11-10-27-3/h4-9,12,17,25H,10-11,13-14H2,1-3H3,(H2,22,23,26). The number of hydrogen-bond acceptors (Lipinski definition) is 7. The molecule has 1 aromatic heterocycles. The largest absolute Gasteiger partial charge is 0.491 e. The third-order valence-electron chi connectivity index (χ3n) is 3.66. The third kappa shape index (κ3) is 8.77. The maximum Gasteiger partial charge on any atom is 0.323 e. The summed E-state index contributed by atoms with van der Waals surface area (Å²) < 4.78 is 15.8. The number of aromatic nitrogens is 1. The van der Waals surface area contributed by atoms with E-state index in [1.54, 1.807) is 43.5 Å². The molecule has 1 aromatic carbocycles. The van der Waals surface area contributed by atoms with Gasteiger partial charge in [-0.05, 0) is 44.4 Å². The minimum absolute atomic E-state index is 0.198. The fourth-order valence-corrected chi connectivity index (χ4v) is 2.36. The molecule has 0 saturated carbocycles. The number of benzene rings is 1. The van der Waals surface area contributed by atoms with Gasteiger partial charge in [-0.25, -0.2) is 9.78 Å². The molecule has 0 fully saturated rings. The molecule has 0 spiro atoms. The summed E-state index contributed by atoms with van der Waals surface area (Å²) in [6, 6.07) is 9.87. The zero-order valence-corrected chi connectivity index (χ0v) is 16.9. The van der Waals surface area contributed by atoms with Crippen molar-refractivity contribution in [1.29, 1.82) is 0 Å². The van der Waals surface area contributed by atoms with Crippen LogP contribution in [0.4, 0.5) is 16.2 Å². The van der Waals surface area contributed by atoms with E-state index in [1.165, 1.54) is 6.20 Å². The minimum Gasteiger partial charge on any atom is -0.491 e. The predicted octanol–water partition coefficient (Wildman–Crippen LogP) is 2.05. The van der Waals surface area contributed by atoms with Gasteiger partial charge in [-0.2, -0.15) is 0 Å². The smallest absolute Gasteiger partial charge is 0.323 e. The first-order valence-electron chi connectivity index (χ1n) is 9.17. The Morgan fingerprint density at radius 3 is 2.38 bits per heavy atom. The quantitative estimate of drug-likeness (QED) is 0.492. The number of rotatable bonds is 11. The van der Waals surface area contributed by atoms with Crippen LogP contribution in [0.3, 0.4) is 0 Å². The fraction of sp³-hybridized carbons (Fsp3) is 0.400. The second-order valence-electron chi connectivity index (χ2n) is 6.56. The second kappa shape index (κ2) is 11.8. The number of ether oxygens (including phenoxy) is 3. The van der Waals surface area contributed by atoms with Gasteiger partial charge >= 0.3 is 6.03 Å². The maximum absolute atomic E-state index is 12.1. The van der Waals surface area contributed by atoms with Gasteiger partial charge in [0.1, 0.15) is 25.1 Å². The number of aliphatic hydroxyl groups is 1. The number of carbonyl (C=O) groups is 1. The number of likely N-dealkylation sites (N-methyl/N-ethyl adjacent to an activating group) is 1. The van der Waals surface area contributed by atoms with Crippen molar-refractivity contribution in [1.82, 2.24) is 9.88 Å². The van der Waals surface area contributed by atoms with Gasteiger partial charge in [0.2, 0.25) is 5.88 Å². The molecule has 2 rings (SSSR count). The summed E-state index contributed by atoms with van der Waals surface area (Å²) in [7, 11) is 5.37. The van der Waals surface area contributed by atoms with Crippen LogP contribution in [0.25, 0.3) is 0 Å². The Labute approximate surface area is 170 Å². The molecule has 158 valence electrons. The lowest BCUT2D eigenvalue weighted by Crippen LogP contribution is -2.30. The molecule has 2 aromatic rings. The van der Waals surface area contributed by atoms with Crippen molar-refractivity contribution in [3.63, 3.8) is 0 Å². The van der Waals surface area contributed by atoms with E-state index in [1.807, 2.05) is 19.0 Å². The van der Waals surface area contributed by atoms with Crippen LogP contribution in [0.1, 0.15) is 0 Å². The summed E-state index contributed by atoms with van der Waals surface area (Å²) in [5.41, 5.74) is 1.15. The van der Waals surface area contributed by atoms with Gasteiger partial charge in [0, 0.05) is 25.4 Å². The lowest BCUT2D eigenvalue weighted by molar-refractivity contribution is 0.0831. The zero-order chi connectivity index (χ0) is 21.1. The van der Waals surface area contributed by atoms with Gasteiger partial charge < -0.3 is 34.9 Å². The summed E-state index contributed by atoms with van der Waals surface area (Å²) in [5, 5.41) is 15.2. The Balaban J connectivity index is 1.77. The fourth-order valence-electron chi connectivity index (χ4n) is 2.36. The number of nitrogens with one attached hydrogen (secondary N) is 2. The molecule has 0 aliphatic carbocycles. The number of anilines is 2. The van der Waals surface area contributed by atoms with Crippen molar-refractivity contribution in [2.75, 3.05) is 58.2 Å². The monoisotopic (exact) mass is 404 g/mol. The average molecular weight is 404 g/mol. The Bertz CT molecular complexity index is 738. The maximum atomic E-state index is 12.1. The highest BCUT2D eigenvalue weighted by Gasteiger charge is 2.07. The summed E-state index contributed by atoms with van der Waals surface area (Å²) >= 11 is 0. The number of aliphatic hydroxyl groups excluding tert-OH is 1. The molecule has 29 heavy (non-hydrogen) atoms. The van der Waals surface area contributed by atoms with Gasteiger partial charge in [-0.1, -0.05) is 0 Å². The van der Waals surface area contributed by atoms with Crippen molar-refractivity contribution in [3.05, 3.63) is 42.6 Å². The Kier molecular flexibility index (Phi) is 9.16. The first kappa shape index (κ1) is 22.4. The van der Waals surface area contributed by atoms with Crippen LogP contribution in [-0.2, 0) is 4.74 Å². The van der Waals surface area contributed by atoms with Crippen LogP contribution < -0.4 is 20.1 Å². The molecule has 9 nitrogen and oxygen atoms in total. The molecular formula is C20H28N4O5. The van der Waals surface area contributed by atoms with Crippen LogP contribution >= 0.6 is 0 Å². The van der Waals surface area contributed by atoms with Crippen LogP contribution in [0.2, 0.25) is 0 Å². The van der Waals surface area contributed by atoms with Crippen molar-refractivity contribution >= 4 is 17.4 Å². The number of nitrogens with zero attached hydrogens (tertiary/aromatic N) is 2. The Hall–Kier alpha value is -2.88. The van der Waals surface area contributed by atoms with Crippen molar-refractivity contribution in [2.24, 2.45) is 0 Å². The average Bonchev–Trinajstić information content (AvgIpc) is 2.68. The first-order chi connectivity index (χ1) is 14.0. The molecule has 0 saturated heterocycles. The van der Waals surface area contributed by atoms with Gasteiger partial charge in [-0.3, -0.25) is 0 Å². The normalized spacial score (nSPS) is 11.8. The van der Waals surface area contributed by atoms with Crippen LogP contribution in [0, 0.1) is 0 Å². The topological polar surface area (TPSA) is 105 Å². The Morgan fingerprint density at radius 1 is 1.07 bits per heavy atom. The molecule has 0 aliphatic rings. The summed E-state index contributed by atoms with van der Waals surface area (Å²) in [6.45, 7) is 1.61. The molecule has 1 unspecified atom stereocenters. The molecule has 9 heteroatoms. The minimum atomic E-state index is -0.570. The van der Waals surface area contributed by atoms with Gasteiger partial charge in [0.25, 0.3) is 0 Å². The SMILES string of the molecule is COCCOc1ccc(NC(=O)Nc2ccc(OCC(O)CN(C)C)cc2)cn1.